The van der Waals surface area contributed by atoms with Gasteiger partial charge in [0.25, 0.3) is 0 Å². The Hall–Kier alpha value is -0.700. The molecule has 18 heavy (non-hydrogen) atoms. The highest BCUT2D eigenvalue weighted by Gasteiger charge is 2.28. The standard InChI is InChI=1S/C15H18BrFO/c1-2-10-5-3-6-11(9-10)15(18)12-7-4-8-13(17)14(12)16/h4,7-8,10-11H,2-3,5-6,9H2,1H3. The molecule has 98 valence electrons. The molecule has 0 amide bonds. The lowest BCUT2D eigenvalue weighted by atomic mass is 9.77. The predicted octanol–water partition coefficient (Wildman–Crippen LogP) is 4.99. The molecule has 1 aromatic carbocycles. The Balaban J connectivity index is 2.18. The maximum Gasteiger partial charge on any atom is 0.167 e. The second-order valence-electron chi connectivity index (χ2n) is 5.10. The zero-order chi connectivity index (χ0) is 13.1. The molecule has 0 spiro atoms. The molecule has 1 aliphatic rings. The van der Waals surface area contributed by atoms with Crippen molar-refractivity contribution in [3.63, 3.8) is 0 Å². The molecule has 1 saturated carbocycles. The predicted molar refractivity (Wildman–Crippen MR) is 74.2 cm³/mol. The number of benzene rings is 1. The lowest BCUT2D eigenvalue weighted by Gasteiger charge is -2.27. The Morgan fingerprint density at radius 1 is 1.44 bits per heavy atom. The summed E-state index contributed by atoms with van der Waals surface area (Å²) in [6, 6.07) is 4.69. The monoisotopic (exact) mass is 312 g/mol. The Bertz CT molecular complexity index is 444. The van der Waals surface area contributed by atoms with Gasteiger partial charge in [0.15, 0.2) is 5.78 Å². The van der Waals surface area contributed by atoms with E-state index in [0.29, 0.717) is 16.0 Å². The van der Waals surface area contributed by atoms with Crippen LogP contribution in [0.1, 0.15) is 49.4 Å². The maximum atomic E-state index is 13.5. The van der Waals surface area contributed by atoms with Gasteiger partial charge in [-0.1, -0.05) is 38.3 Å². The van der Waals surface area contributed by atoms with Crippen LogP contribution in [0.5, 0.6) is 0 Å². The number of hydrogen-bond acceptors (Lipinski definition) is 1. The lowest BCUT2D eigenvalue weighted by molar-refractivity contribution is 0.0860. The van der Waals surface area contributed by atoms with E-state index in [4.69, 9.17) is 0 Å². The summed E-state index contributed by atoms with van der Waals surface area (Å²) in [6.07, 6.45) is 5.37. The molecule has 1 aromatic rings. The molecule has 2 unspecified atom stereocenters. The van der Waals surface area contributed by atoms with Crippen molar-refractivity contribution in [1.29, 1.82) is 0 Å². The minimum atomic E-state index is -0.358. The summed E-state index contributed by atoms with van der Waals surface area (Å²) in [7, 11) is 0. The highest BCUT2D eigenvalue weighted by atomic mass is 79.9. The lowest BCUT2D eigenvalue weighted by Crippen LogP contribution is -2.23. The van der Waals surface area contributed by atoms with Gasteiger partial charge in [0.05, 0.1) is 4.47 Å². The van der Waals surface area contributed by atoms with Crippen molar-refractivity contribution in [1.82, 2.24) is 0 Å². The molecule has 0 bridgehead atoms. The third-order valence-electron chi connectivity index (χ3n) is 3.95. The van der Waals surface area contributed by atoms with Crippen LogP contribution in [0.3, 0.4) is 0 Å². The first-order chi connectivity index (χ1) is 8.63. The largest absolute Gasteiger partial charge is 0.294 e. The third-order valence-corrected chi connectivity index (χ3v) is 4.75. The van der Waals surface area contributed by atoms with Crippen molar-refractivity contribution >= 4 is 21.7 Å². The molecule has 0 heterocycles. The quantitative estimate of drug-likeness (QED) is 0.719. The molecule has 0 aliphatic heterocycles. The van der Waals surface area contributed by atoms with Crippen molar-refractivity contribution in [3.8, 4) is 0 Å². The molecule has 0 radical (unpaired) electrons. The zero-order valence-electron chi connectivity index (χ0n) is 10.6. The van der Waals surface area contributed by atoms with E-state index in [9.17, 15) is 9.18 Å². The van der Waals surface area contributed by atoms with E-state index < -0.39 is 0 Å². The van der Waals surface area contributed by atoms with E-state index in [1.165, 1.54) is 12.5 Å². The van der Waals surface area contributed by atoms with Crippen molar-refractivity contribution in [3.05, 3.63) is 34.1 Å². The van der Waals surface area contributed by atoms with Gasteiger partial charge in [-0.15, -0.1) is 0 Å². The smallest absolute Gasteiger partial charge is 0.167 e. The molecule has 1 fully saturated rings. The molecule has 1 aliphatic carbocycles. The van der Waals surface area contributed by atoms with Gasteiger partial charge in [-0.3, -0.25) is 4.79 Å². The van der Waals surface area contributed by atoms with E-state index in [-0.39, 0.29) is 17.5 Å². The molecule has 0 N–H and O–H groups in total. The summed E-state index contributed by atoms with van der Waals surface area (Å²) in [5.41, 5.74) is 0.497. The minimum Gasteiger partial charge on any atom is -0.294 e. The van der Waals surface area contributed by atoms with E-state index in [0.717, 1.165) is 25.7 Å². The van der Waals surface area contributed by atoms with Gasteiger partial charge in [0.2, 0.25) is 0 Å². The van der Waals surface area contributed by atoms with Gasteiger partial charge in [-0.25, -0.2) is 4.39 Å². The first-order valence-corrected chi connectivity index (χ1v) is 7.41. The molecule has 0 saturated heterocycles. The number of ketones is 1. The summed E-state index contributed by atoms with van der Waals surface area (Å²) in [4.78, 5) is 12.4. The fraction of sp³-hybridized carbons (Fsp3) is 0.533. The van der Waals surface area contributed by atoms with Crippen LogP contribution in [-0.2, 0) is 0 Å². The normalized spacial score (nSPS) is 23.9. The number of halogens is 2. The number of rotatable bonds is 3. The highest BCUT2D eigenvalue weighted by Crippen LogP contribution is 2.34. The third kappa shape index (κ3) is 2.82. The highest BCUT2D eigenvalue weighted by molar-refractivity contribution is 9.10. The van der Waals surface area contributed by atoms with Gasteiger partial charge in [0.1, 0.15) is 5.82 Å². The second kappa shape index (κ2) is 5.96. The SMILES string of the molecule is CCC1CCCC(C(=O)c2cccc(F)c2Br)C1. The summed E-state index contributed by atoms with van der Waals surface area (Å²) in [6.45, 7) is 2.18. The van der Waals surface area contributed by atoms with Crippen LogP contribution in [0.25, 0.3) is 0 Å². The molecule has 3 heteroatoms. The average Bonchev–Trinajstić information content (AvgIpc) is 2.41. The molecule has 0 aromatic heterocycles. The van der Waals surface area contributed by atoms with Crippen LogP contribution in [0.15, 0.2) is 22.7 Å². The minimum absolute atomic E-state index is 0.0711. The molecular weight excluding hydrogens is 295 g/mol. The van der Waals surface area contributed by atoms with Crippen LogP contribution in [0.2, 0.25) is 0 Å². The maximum absolute atomic E-state index is 13.5. The van der Waals surface area contributed by atoms with E-state index in [1.54, 1.807) is 12.1 Å². The van der Waals surface area contributed by atoms with Crippen molar-refractivity contribution in [2.45, 2.75) is 39.0 Å². The fourth-order valence-electron chi connectivity index (χ4n) is 2.81. The number of carbonyl (C=O) groups excluding carboxylic acids is 1. The van der Waals surface area contributed by atoms with Gasteiger partial charge in [0, 0.05) is 11.5 Å². The van der Waals surface area contributed by atoms with Crippen LogP contribution < -0.4 is 0 Å². The van der Waals surface area contributed by atoms with Crippen molar-refractivity contribution in [2.75, 3.05) is 0 Å². The van der Waals surface area contributed by atoms with Crippen LogP contribution in [0.4, 0.5) is 4.39 Å². The van der Waals surface area contributed by atoms with Crippen molar-refractivity contribution < 1.29 is 9.18 Å². The Morgan fingerprint density at radius 2 is 2.22 bits per heavy atom. The Kier molecular flexibility index (Phi) is 4.55. The molecule has 1 nitrogen and oxygen atoms in total. The van der Waals surface area contributed by atoms with E-state index in [1.807, 2.05) is 0 Å². The molecule has 2 atom stereocenters. The average molecular weight is 313 g/mol. The summed E-state index contributed by atoms with van der Waals surface area (Å²) in [5.74, 6) is 0.463. The number of carbonyl (C=O) groups is 1. The zero-order valence-corrected chi connectivity index (χ0v) is 12.2. The van der Waals surface area contributed by atoms with Crippen LogP contribution in [-0.4, -0.2) is 5.78 Å². The summed E-state index contributed by atoms with van der Waals surface area (Å²) < 4.78 is 13.8. The van der Waals surface area contributed by atoms with E-state index in [2.05, 4.69) is 22.9 Å². The van der Waals surface area contributed by atoms with Gasteiger partial charge >= 0.3 is 0 Å². The Labute approximate surface area is 116 Å². The topological polar surface area (TPSA) is 17.1 Å². The Morgan fingerprint density at radius 3 is 2.94 bits per heavy atom. The van der Waals surface area contributed by atoms with Crippen molar-refractivity contribution in [2.24, 2.45) is 11.8 Å². The molecule has 2 rings (SSSR count). The fourth-order valence-corrected chi connectivity index (χ4v) is 3.27. The van der Waals surface area contributed by atoms with Gasteiger partial charge < -0.3 is 0 Å². The summed E-state index contributed by atoms with van der Waals surface area (Å²) in [5, 5.41) is 0. The van der Waals surface area contributed by atoms with Gasteiger partial charge in [-0.2, -0.15) is 0 Å². The molecular formula is C15H18BrFO. The first kappa shape index (κ1) is 13.7. The number of Topliss-reactive ketones (excluding diaryl/α,β-unsaturated/α-hetero) is 1. The van der Waals surface area contributed by atoms with Gasteiger partial charge in [-0.05, 0) is 40.8 Å². The number of hydrogen-bond donors (Lipinski definition) is 0. The summed E-state index contributed by atoms with van der Waals surface area (Å²) >= 11 is 3.18. The van der Waals surface area contributed by atoms with Crippen LogP contribution in [0, 0.1) is 17.7 Å². The van der Waals surface area contributed by atoms with Crippen LogP contribution >= 0.6 is 15.9 Å². The van der Waals surface area contributed by atoms with E-state index >= 15 is 0 Å². The second-order valence-corrected chi connectivity index (χ2v) is 5.90. The first-order valence-electron chi connectivity index (χ1n) is 6.61.